The minimum atomic E-state index is -0.00297. The fourth-order valence-corrected chi connectivity index (χ4v) is 7.72. The van der Waals surface area contributed by atoms with Crippen LogP contribution in [0.3, 0.4) is 0 Å². The molecule has 2 aliphatic rings. The number of benzene rings is 6. The van der Waals surface area contributed by atoms with Crippen LogP contribution in [0.4, 0.5) is 0 Å². The van der Waals surface area contributed by atoms with E-state index in [4.69, 9.17) is 0 Å². The highest BCUT2D eigenvalue weighted by atomic mass is 14.4. The van der Waals surface area contributed by atoms with E-state index in [0.29, 0.717) is 0 Å². The zero-order valence-corrected chi connectivity index (χ0v) is 24.7. The van der Waals surface area contributed by atoms with Gasteiger partial charge < -0.3 is 0 Å². The van der Waals surface area contributed by atoms with Gasteiger partial charge in [0.15, 0.2) is 0 Å². The van der Waals surface area contributed by atoms with Gasteiger partial charge in [0.1, 0.15) is 0 Å². The minimum absolute atomic E-state index is 0.00297. The van der Waals surface area contributed by atoms with Crippen molar-refractivity contribution >= 4 is 0 Å². The van der Waals surface area contributed by atoms with Gasteiger partial charge in [0, 0.05) is 10.8 Å². The van der Waals surface area contributed by atoms with Crippen LogP contribution < -0.4 is 0 Å². The average molecular weight is 539 g/mol. The van der Waals surface area contributed by atoms with E-state index in [9.17, 15) is 0 Å². The van der Waals surface area contributed by atoms with E-state index in [2.05, 4.69) is 161 Å². The summed E-state index contributed by atoms with van der Waals surface area (Å²) in [4.78, 5) is 0. The van der Waals surface area contributed by atoms with Crippen LogP contribution in [0.1, 0.15) is 49.9 Å². The summed E-state index contributed by atoms with van der Waals surface area (Å²) in [6.45, 7) is 9.40. The zero-order valence-electron chi connectivity index (χ0n) is 24.7. The molecule has 0 atom stereocenters. The minimum Gasteiger partial charge on any atom is -0.0619 e. The largest absolute Gasteiger partial charge is 0.0619 e. The first-order valence-electron chi connectivity index (χ1n) is 15.0. The lowest BCUT2D eigenvalue weighted by Crippen LogP contribution is -2.14. The Morgan fingerprint density at radius 3 is 1.10 bits per heavy atom. The molecule has 0 saturated heterocycles. The van der Waals surface area contributed by atoms with Gasteiger partial charge in [-0.2, -0.15) is 0 Å². The molecule has 0 aliphatic heterocycles. The highest BCUT2D eigenvalue weighted by Gasteiger charge is 2.37. The topological polar surface area (TPSA) is 0 Å². The molecule has 2 aliphatic carbocycles. The van der Waals surface area contributed by atoms with Crippen LogP contribution in [0.5, 0.6) is 0 Å². The third kappa shape index (κ3) is 3.48. The molecule has 0 radical (unpaired) electrons. The average Bonchev–Trinajstić information content (AvgIpc) is 3.41. The van der Waals surface area contributed by atoms with Crippen molar-refractivity contribution in [2.45, 2.75) is 38.5 Å². The number of hydrogen-bond donors (Lipinski definition) is 0. The summed E-state index contributed by atoms with van der Waals surface area (Å²) in [7, 11) is 0. The molecule has 0 spiro atoms. The summed E-state index contributed by atoms with van der Waals surface area (Å²) in [6, 6.07) is 49.7. The monoisotopic (exact) mass is 538 g/mol. The van der Waals surface area contributed by atoms with Gasteiger partial charge in [-0.05, 0) is 90.0 Å². The molecule has 0 unspecified atom stereocenters. The van der Waals surface area contributed by atoms with Gasteiger partial charge in [0.25, 0.3) is 0 Å². The van der Waals surface area contributed by atoms with E-state index in [0.717, 1.165) is 0 Å². The van der Waals surface area contributed by atoms with Gasteiger partial charge in [-0.1, -0.05) is 149 Å². The van der Waals surface area contributed by atoms with Crippen LogP contribution in [-0.4, -0.2) is 0 Å². The van der Waals surface area contributed by atoms with Crippen molar-refractivity contribution in [3.8, 4) is 55.6 Å². The molecule has 0 amide bonds. The van der Waals surface area contributed by atoms with Gasteiger partial charge in [-0.25, -0.2) is 0 Å². The van der Waals surface area contributed by atoms with Crippen molar-refractivity contribution in [1.82, 2.24) is 0 Å². The molecule has 0 nitrogen and oxygen atoms in total. The molecule has 202 valence electrons. The Balaban J connectivity index is 1.25. The maximum atomic E-state index is 2.37. The Labute approximate surface area is 249 Å². The molecule has 6 aromatic rings. The Kier molecular flexibility index (Phi) is 5.32. The SMILES string of the molecule is CC1(C)c2ccccc2-c2c(-c3cccc(-c4cccc(-c5cccc6c5-c5ccccc5C6(C)C)c4)c3)cccc21. The van der Waals surface area contributed by atoms with Crippen LogP contribution in [-0.2, 0) is 10.8 Å². The lowest BCUT2D eigenvalue weighted by molar-refractivity contribution is 0.660. The van der Waals surface area contributed by atoms with Gasteiger partial charge in [0.2, 0.25) is 0 Å². The van der Waals surface area contributed by atoms with Gasteiger partial charge >= 0.3 is 0 Å². The van der Waals surface area contributed by atoms with Crippen molar-refractivity contribution in [3.63, 3.8) is 0 Å². The van der Waals surface area contributed by atoms with E-state index in [-0.39, 0.29) is 10.8 Å². The second-order valence-corrected chi connectivity index (χ2v) is 13.0. The molecule has 0 N–H and O–H groups in total. The van der Waals surface area contributed by atoms with Crippen LogP contribution in [0, 0.1) is 0 Å². The highest BCUT2D eigenvalue weighted by Crippen LogP contribution is 2.53. The standard InChI is InChI=1S/C42H34/c1-41(2)35-21-7-5-17-33(35)39-31(19-11-23-37(39)41)29-15-9-13-27(25-29)28-14-10-16-30(26-28)32-20-12-24-38-40(32)34-18-6-8-22-36(34)42(38,3)4/h5-26H,1-4H3. The van der Waals surface area contributed by atoms with Crippen molar-refractivity contribution in [2.24, 2.45) is 0 Å². The number of fused-ring (bicyclic) bond motifs is 6. The Morgan fingerprint density at radius 2 is 0.643 bits per heavy atom. The summed E-state index contributed by atoms with van der Waals surface area (Å²) < 4.78 is 0. The number of rotatable bonds is 3. The molecule has 42 heavy (non-hydrogen) atoms. The second kappa shape index (κ2) is 8.91. The van der Waals surface area contributed by atoms with Crippen molar-refractivity contribution < 1.29 is 0 Å². The van der Waals surface area contributed by atoms with E-state index < -0.39 is 0 Å². The Morgan fingerprint density at radius 1 is 0.310 bits per heavy atom. The molecule has 0 heteroatoms. The first-order chi connectivity index (χ1) is 20.4. The fourth-order valence-electron chi connectivity index (χ4n) is 7.72. The maximum absolute atomic E-state index is 2.37. The molecule has 0 fully saturated rings. The summed E-state index contributed by atoms with van der Waals surface area (Å²) in [5, 5.41) is 0. The normalized spacial score (nSPS) is 15.0. The summed E-state index contributed by atoms with van der Waals surface area (Å²) in [6.07, 6.45) is 0. The van der Waals surface area contributed by atoms with Crippen LogP contribution in [0.15, 0.2) is 133 Å². The second-order valence-electron chi connectivity index (χ2n) is 13.0. The molecule has 0 aromatic heterocycles. The molecular formula is C42H34. The molecule has 0 saturated carbocycles. The van der Waals surface area contributed by atoms with E-state index >= 15 is 0 Å². The lowest BCUT2D eigenvalue weighted by atomic mass is 9.82. The molecule has 0 heterocycles. The third-order valence-electron chi connectivity index (χ3n) is 9.90. The Bertz CT molecular complexity index is 1890. The number of hydrogen-bond acceptors (Lipinski definition) is 0. The predicted octanol–water partition coefficient (Wildman–Crippen LogP) is 11.3. The predicted molar refractivity (Wildman–Crippen MR) is 178 cm³/mol. The Hall–Kier alpha value is -4.68. The first kappa shape index (κ1) is 25.1. The van der Waals surface area contributed by atoms with E-state index in [1.54, 1.807) is 0 Å². The summed E-state index contributed by atoms with van der Waals surface area (Å²) >= 11 is 0. The summed E-state index contributed by atoms with van der Waals surface area (Å²) in [5.41, 5.74) is 18.8. The van der Waals surface area contributed by atoms with Gasteiger partial charge in [-0.3, -0.25) is 0 Å². The molecule has 8 rings (SSSR count). The smallest absolute Gasteiger partial charge is 0.0159 e. The lowest BCUT2D eigenvalue weighted by Gasteiger charge is -2.21. The van der Waals surface area contributed by atoms with Crippen molar-refractivity contribution in [1.29, 1.82) is 0 Å². The van der Waals surface area contributed by atoms with Crippen molar-refractivity contribution in [2.75, 3.05) is 0 Å². The van der Waals surface area contributed by atoms with Gasteiger partial charge in [0.05, 0.1) is 0 Å². The highest BCUT2D eigenvalue weighted by molar-refractivity contribution is 5.95. The third-order valence-corrected chi connectivity index (χ3v) is 9.90. The van der Waals surface area contributed by atoms with Gasteiger partial charge in [-0.15, -0.1) is 0 Å². The summed E-state index contributed by atoms with van der Waals surface area (Å²) in [5.74, 6) is 0. The van der Waals surface area contributed by atoms with Crippen LogP contribution in [0.25, 0.3) is 55.6 Å². The first-order valence-corrected chi connectivity index (χ1v) is 15.0. The van der Waals surface area contributed by atoms with Crippen molar-refractivity contribution in [3.05, 3.63) is 156 Å². The van der Waals surface area contributed by atoms with Crippen LogP contribution in [0.2, 0.25) is 0 Å². The fraction of sp³-hybridized carbons (Fsp3) is 0.143. The van der Waals surface area contributed by atoms with E-state index in [1.165, 1.54) is 77.9 Å². The molecule has 6 aromatic carbocycles. The quantitative estimate of drug-likeness (QED) is 0.210. The van der Waals surface area contributed by atoms with Crippen LogP contribution >= 0.6 is 0 Å². The van der Waals surface area contributed by atoms with E-state index in [1.807, 2.05) is 0 Å². The zero-order chi connectivity index (χ0) is 28.6. The maximum Gasteiger partial charge on any atom is 0.0159 e. The molecular weight excluding hydrogens is 504 g/mol. The molecule has 0 bridgehead atoms.